The molecule has 0 saturated heterocycles. The van der Waals surface area contributed by atoms with Crippen LogP contribution in [0.2, 0.25) is 0 Å². The zero-order chi connectivity index (χ0) is 14.0. The molecule has 0 spiro atoms. The monoisotopic (exact) mass is 279 g/mol. The van der Waals surface area contributed by atoms with Crippen molar-refractivity contribution in [1.29, 1.82) is 0 Å². The third kappa shape index (κ3) is 3.37. The molecule has 0 atom stereocenters. The molecule has 0 radical (unpaired) electrons. The molecule has 4 N–H and O–H groups in total. The smallest absolute Gasteiger partial charge is 0.239 e. The molecular formula is C12H17N5OS. The molecule has 1 aliphatic carbocycles. The average molecular weight is 279 g/mol. The first-order chi connectivity index (χ1) is 8.99. The van der Waals surface area contributed by atoms with Crippen LogP contribution in [0.3, 0.4) is 0 Å². The highest BCUT2D eigenvalue weighted by Gasteiger charge is 2.23. The van der Waals surface area contributed by atoms with Gasteiger partial charge in [0.2, 0.25) is 5.91 Å². The Kier molecular flexibility index (Phi) is 3.94. The Morgan fingerprint density at radius 1 is 1.42 bits per heavy atom. The van der Waals surface area contributed by atoms with Crippen LogP contribution in [-0.4, -0.2) is 33.7 Å². The summed E-state index contributed by atoms with van der Waals surface area (Å²) in [6.45, 7) is 3.87. The quantitative estimate of drug-likeness (QED) is 0.676. The summed E-state index contributed by atoms with van der Waals surface area (Å²) in [6.07, 6.45) is 2.13. The van der Waals surface area contributed by atoms with Crippen molar-refractivity contribution in [2.45, 2.75) is 32.7 Å². The average Bonchev–Trinajstić information content (AvgIpc) is 3.14. The summed E-state index contributed by atoms with van der Waals surface area (Å²) in [7, 11) is 0. The van der Waals surface area contributed by atoms with Crippen LogP contribution in [-0.2, 0) is 4.79 Å². The van der Waals surface area contributed by atoms with Crippen LogP contribution in [0.5, 0.6) is 0 Å². The van der Waals surface area contributed by atoms with E-state index in [2.05, 4.69) is 20.8 Å². The maximum atomic E-state index is 11.6. The lowest BCUT2D eigenvalue weighted by atomic mass is 10.1. The standard InChI is InChI=1S/C12H17N5OS/c1-6-7(2)16-17-12(10(6)11(13)19)14-5-9(18)15-8-3-4-8/h8H,3-5H2,1-2H3,(H2,13,19)(H,14,17)(H,15,18). The fourth-order valence-corrected chi connectivity index (χ4v) is 1.95. The van der Waals surface area contributed by atoms with Crippen molar-refractivity contribution in [3.8, 4) is 0 Å². The van der Waals surface area contributed by atoms with Gasteiger partial charge in [-0.05, 0) is 32.3 Å². The van der Waals surface area contributed by atoms with Crippen LogP contribution < -0.4 is 16.4 Å². The number of rotatable bonds is 5. The van der Waals surface area contributed by atoms with Crippen LogP contribution in [0.4, 0.5) is 5.82 Å². The maximum absolute atomic E-state index is 11.6. The van der Waals surface area contributed by atoms with E-state index in [1.165, 1.54) is 0 Å². The number of thiocarbonyl (C=S) groups is 1. The number of nitrogens with zero attached hydrogens (tertiary/aromatic N) is 2. The molecular weight excluding hydrogens is 262 g/mol. The summed E-state index contributed by atoms with van der Waals surface area (Å²) >= 11 is 5.03. The van der Waals surface area contributed by atoms with Crippen molar-refractivity contribution in [1.82, 2.24) is 15.5 Å². The van der Waals surface area contributed by atoms with Gasteiger partial charge in [0.25, 0.3) is 0 Å². The largest absolute Gasteiger partial charge is 0.389 e. The molecule has 0 unspecified atom stereocenters. The molecule has 19 heavy (non-hydrogen) atoms. The Morgan fingerprint density at radius 3 is 2.68 bits per heavy atom. The summed E-state index contributed by atoms with van der Waals surface area (Å²) in [5.74, 6) is 0.401. The number of nitrogens with two attached hydrogens (primary N) is 1. The van der Waals surface area contributed by atoms with Crippen LogP contribution in [0.15, 0.2) is 0 Å². The van der Waals surface area contributed by atoms with Gasteiger partial charge in [-0.25, -0.2) is 0 Å². The topological polar surface area (TPSA) is 92.9 Å². The summed E-state index contributed by atoms with van der Waals surface area (Å²) in [5, 5.41) is 13.9. The Hall–Kier alpha value is -1.76. The van der Waals surface area contributed by atoms with E-state index in [4.69, 9.17) is 18.0 Å². The molecule has 1 aliphatic rings. The van der Waals surface area contributed by atoms with E-state index >= 15 is 0 Å². The lowest BCUT2D eigenvalue weighted by Crippen LogP contribution is -2.32. The van der Waals surface area contributed by atoms with Crippen molar-refractivity contribution in [2.75, 3.05) is 11.9 Å². The molecule has 1 aromatic heterocycles. The molecule has 0 bridgehead atoms. The number of nitrogens with one attached hydrogen (secondary N) is 2. The Bertz CT molecular complexity index is 527. The van der Waals surface area contributed by atoms with Gasteiger partial charge in [0, 0.05) is 6.04 Å². The molecule has 0 aromatic carbocycles. The SMILES string of the molecule is Cc1nnc(NCC(=O)NC2CC2)c(C(N)=S)c1C. The fourth-order valence-electron chi connectivity index (χ4n) is 1.70. The second-order valence-electron chi connectivity index (χ2n) is 4.69. The van der Waals surface area contributed by atoms with Gasteiger partial charge < -0.3 is 16.4 Å². The number of hydrogen-bond acceptors (Lipinski definition) is 5. The normalized spacial score (nSPS) is 14.0. The second kappa shape index (κ2) is 5.48. The van der Waals surface area contributed by atoms with Gasteiger partial charge in [-0.15, -0.1) is 5.10 Å². The summed E-state index contributed by atoms with van der Waals surface area (Å²) in [5.41, 5.74) is 8.01. The molecule has 2 rings (SSSR count). The highest BCUT2D eigenvalue weighted by atomic mass is 32.1. The van der Waals surface area contributed by atoms with Crippen LogP contribution in [0, 0.1) is 13.8 Å². The molecule has 1 saturated carbocycles. The van der Waals surface area contributed by atoms with E-state index in [0.717, 1.165) is 24.1 Å². The molecule has 102 valence electrons. The highest BCUT2D eigenvalue weighted by Crippen LogP contribution is 2.19. The van der Waals surface area contributed by atoms with E-state index in [9.17, 15) is 4.79 Å². The molecule has 0 aliphatic heterocycles. The third-order valence-electron chi connectivity index (χ3n) is 3.06. The van der Waals surface area contributed by atoms with Crippen LogP contribution >= 0.6 is 12.2 Å². The number of carbonyl (C=O) groups is 1. The zero-order valence-corrected chi connectivity index (χ0v) is 11.8. The first-order valence-electron chi connectivity index (χ1n) is 6.16. The minimum Gasteiger partial charge on any atom is -0.389 e. The predicted octanol–water partition coefficient (Wildman–Crippen LogP) is 0.418. The van der Waals surface area contributed by atoms with E-state index < -0.39 is 0 Å². The van der Waals surface area contributed by atoms with Crippen molar-refractivity contribution >= 4 is 28.9 Å². The van der Waals surface area contributed by atoms with Crippen molar-refractivity contribution in [3.63, 3.8) is 0 Å². The third-order valence-corrected chi connectivity index (χ3v) is 3.26. The summed E-state index contributed by atoms with van der Waals surface area (Å²) in [6, 6.07) is 0.343. The van der Waals surface area contributed by atoms with Gasteiger partial charge in [-0.1, -0.05) is 12.2 Å². The highest BCUT2D eigenvalue weighted by molar-refractivity contribution is 7.80. The number of hydrogen-bond donors (Lipinski definition) is 3. The minimum absolute atomic E-state index is 0.0589. The van der Waals surface area contributed by atoms with Gasteiger partial charge in [0.1, 0.15) is 4.99 Å². The Labute approximate surface area is 117 Å². The van der Waals surface area contributed by atoms with Crippen LogP contribution in [0.25, 0.3) is 0 Å². The number of carbonyl (C=O) groups excluding carboxylic acids is 1. The minimum atomic E-state index is -0.0589. The number of anilines is 1. The number of aromatic nitrogens is 2. The predicted molar refractivity (Wildman–Crippen MR) is 77.0 cm³/mol. The molecule has 1 heterocycles. The lowest BCUT2D eigenvalue weighted by Gasteiger charge is -2.13. The fraction of sp³-hybridized carbons (Fsp3) is 0.500. The molecule has 1 aromatic rings. The Morgan fingerprint density at radius 2 is 2.11 bits per heavy atom. The molecule has 1 fully saturated rings. The van der Waals surface area contributed by atoms with Crippen molar-refractivity contribution < 1.29 is 4.79 Å². The lowest BCUT2D eigenvalue weighted by molar-refractivity contribution is -0.119. The van der Waals surface area contributed by atoms with E-state index in [-0.39, 0.29) is 17.4 Å². The maximum Gasteiger partial charge on any atom is 0.239 e. The molecule has 6 nitrogen and oxygen atoms in total. The zero-order valence-electron chi connectivity index (χ0n) is 11.0. The summed E-state index contributed by atoms with van der Waals surface area (Å²) in [4.78, 5) is 11.9. The van der Waals surface area contributed by atoms with E-state index in [1.807, 2.05) is 13.8 Å². The van der Waals surface area contributed by atoms with Gasteiger partial charge in [0.05, 0.1) is 17.8 Å². The van der Waals surface area contributed by atoms with Gasteiger partial charge in [-0.2, -0.15) is 5.10 Å². The van der Waals surface area contributed by atoms with Crippen LogP contribution in [0.1, 0.15) is 29.7 Å². The number of amides is 1. The second-order valence-corrected chi connectivity index (χ2v) is 5.13. The number of aryl methyl sites for hydroxylation is 1. The van der Waals surface area contributed by atoms with Crippen molar-refractivity contribution in [2.24, 2.45) is 5.73 Å². The Balaban J connectivity index is 2.08. The van der Waals surface area contributed by atoms with Gasteiger partial charge in [-0.3, -0.25) is 4.79 Å². The van der Waals surface area contributed by atoms with Gasteiger partial charge >= 0.3 is 0 Å². The molecule has 1 amide bonds. The van der Waals surface area contributed by atoms with Crippen molar-refractivity contribution in [3.05, 3.63) is 16.8 Å². The first kappa shape index (κ1) is 13.7. The first-order valence-corrected chi connectivity index (χ1v) is 6.56. The van der Waals surface area contributed by atoms with E-state index in [0.29, 0.717) is 17.4 Å². The molecule has 7 heteroatoms. The van der Waals surface area contributed by atoms with E-state index in [1.54, 1.807) is 0 Å². The summed E-state index contributed by atoms with van der Waals surface area (Å²) < 4.78 is 0. The van der Waals surface area contributed by atoms with Gasteiger partial charge in [0.15, 0.2) is 5.82 Å².